The fourth-order valence-electron chi connectivity index (χ4n) is 2.25. The van der Waals surface area contributed by atoms with E-state index in [2.05, 4.69) is 26.5 Å². The Morgan fingerprint density at radius 1 is 1.23 bits per heavy atom. The molecule has 2 aromatic heterocycles. The van der Waals surface area contributed by atoms with Crippen LogP contribution >= 0.6 is 15.9 Å². The van der Waals surface area contributed by atoms with Crippen molar-refractivity contribution in [1.29, 1.82) is 0 Å². The van der Waals surface area contributed by atoms with Gasteiger partial charge in [-0.3, -0.25) is 14.9 Å². The molecular formula is C17H12BrN3O5. The summed E-state index contributed by atoms with van der Waals surface area (Å²) in [7, 11) is 0. The van der Waals surface area contributed by atoms with Gasteiger partial charge < -0.3 is 8.83 Å². The Labute approximate surface area is 155 Å². The average molecular weight is 418 g/mol. The number of carbonyl (C=O) groups excluding carboxylic acids is 1. The standard InChI is InChI=1S/C17H12BrN3O5/c1-10-8-11(21(23)24)2-4-13(10)14-5-3-12(25-14)9-19-20-17(22)15-6-7-16(18)26-15/h2-9H,1H3,(H,20,22)/b19-9+. The van der Waals surface area contributed by atoms with Crippen LogP contribution in [0.2, 0.25) is 0 Å². The fraction of sp³-hybridized carbons (Fsp3) is 0.0588. The van der Waals surface area contributed by atoms with Gasteiger partial charge in [0.15, 0.2) is 10.4 Å². The molecule has 0 bridgehead atoms. The summed E-state index contributed by atoms with van der Waals surface area (Å²) in [5.41, 5.74) is 3.79. The monoisotopic (exact) mass is 417 g/mol. The maximum absolute atomic E-state index is 11.8. The summed E-state index contributed by atoms with van der Waals surface area (Å²) >= 11 is 3.11. The molecule has 1 N–H and O–H groups in total. The number of hydrogen-bond donors (Lipinski definition) is 1. The van der Waals surface area contributed by atoms with Crippen LogP contribution in [0, 0.1) is 17.0 Å². The number of halogens is 1. The second kappa shape index (κ2) is 7.36. The van der Waals surface area contributed by atoms with Gasteiger partial charge in [0.2, 0.25) is 0 Å². The maximum atomic E-state index is 11.8. The molecule has 2 heterocycles. The number of nitro benzene ring substituents is 1. The lowest BCUT2D eigenvalue weighted by Gasteiger charge is -2.02. The van der Waals surface area contributed by atoms with Crippen LogP contribution in [0.5, 0.6) is 0 Å². The molecule has 1 amide bonds. The van der Waals surface area contributed by atoms with Gasteiger partial charge in [0.25, 0.3) is 5.69 Å². The molecule has 1 aromatic carbocycles. The molecule has 132 valence electrons. The second-order valence-corrected chi connectivity index (χ2v) is 6.04. The molecule has 0 saturated heterocycles. The summed E-state index contributed by atoms with van der Waals surface area (Å²) in [6, 6.07) is 11.0. The Morgan fingerprint density at radius 2 is 2.04 bits per heavy atom. The van der Waals surface area contributed by atoms with E-state index in [1.807, 2.05) is 0 Å². The zero-order valence-electron chi connectivity index (χ0n) is 13.4. The second-order valence-electron chi connectivity index (χ2n) is 5.26. The molecule has 3 rings (SSSR count). The van der Waals surface area contributed by atoms with E-state index in [1.54, 1.807) is 31.2 Å². The number of aryl methyl sites for hydroxylation is 1. The summed E-state index contributed by atoms with van der Waals surface area (Å²) < 4.78 is 11.2. The van der Waals surface area contributed by atoms with Crippen molar-refractivity contribution in [2.75, 3.05) is 0 Å². The molecule has 0 spiro atoms. The van der Waals surface area contributed by atoms with E-state index in [9.17, 15) is 14.9 Å². The summed E-state index contributed by atoms with van der Waals surface area (Å²) in [6.45, 7) is 1.76. The van der Waals surface area contributed by atoms with Gasteiger partial charge in [0, 0.05) is 17.7 Å². The molecule has 0 aliphatic heterocycles. The first kappa shape index (κ1) is 17.6. The van der Waals surface area contributed by atoms with Crippen molar-refractivity contribution >= 4 is 33.7 Å². The predicted molar refractivity (Wildman–Crippen MR) is 97.0 cm³/mol. The molecule has 0 saturated carbocycles. The van der Waals surface area contributed by atoms with E-state index in [0.717, 1.165) is 5.56 Å². The molecule has 0 aliphatic rings. The first-order chi connectivity index (χ1) is 12.4. The van der Waals surface area contributed by atoms with Crippen LogP contribution in [0.3, 0.4) is 0 Å². The predicted octanol–water partition coefficient (Wildman–Crippen LogP) is 4.28. The summed E-state index contributed by atoms with van der Waals surface area (Å²) in [6.07, 6.45) is 1.35. The summed E-state index contributed by atoms with van der Waals surface area (Å²) in [5.74, 6) is 0.583. The van der Waals surface area contributed by atoms with Gasteiger partial charge in [-0.05, 0) is 58.7 Å². The number of non-ortho nitro benzene ring substituents is 1. The van der Waals surface area contributed by atoms with Crippen molar-refractivity contribution in [3.8, 4) is 11.3 Å². The Bertz CT molecular complexity index is 1010. The summed E-state index contributed by atoms with van der Waals surface area (Å²) in [4.78, 5) is 22.1. The topological polar surface area (TPSA) is 111 Å². The molecule has 0 atom stereocenters. The van der Waals surface area contributed by atoms with Crippen LogP contribution < -0.4 is 5.43 Å². The number of furan rings is 2. The Kier molecular flexibility index (Phi) is 4.99. The zero-order valence-corrected chi connectivity index (χ0v) is 15.0. The Morgan fingerprint density at radius 3 is 2.69 bits per heavy atom. The minimum absolute atomic E-state index is 0.0202. The molecular weight excluding hydrogens is 406 g/mol. The van der Waals surface area contributed by atoms with Gasteiger partial charge in [-0.15, -0.1) is 0 Å². The largest absolute Gasteiger partial charge is 0.455 e. The number of carbonyl (C=O) groups is 1. The first-order valence-electron chi connectivity index (χ1n) is 7.38. The molecule has 9 heteroatoms. The highest BCUT2D eigenvalue weighted by atomic mass is 79.9. The number of hydrogen-bond acceptors (Lipinski definition) is 6. The van der Waals surface area contributed by atoms with Crippen molar-refractivity contribution in [1.82, 2.24) is 5.43 Å². The van der Waals surface area contributed by atoms with Gasteiger partial charge >= 0.3 is 5.91 Å². The third-order valence-electron chi connectivity index (χ3n) is 3.47. The number of nitro groups is 1. The van der Waals surface area contributed by atoms with Crippen LogP contribution in [0.15, 0.2) is 61.1 Å². The minimum atomic E-state index is -0.495. The Hall–Kier alpha value is -3.20. The maximum Gasteiger partial charge on any atom is 0.307 e. The molecule has 26 heavy (non-hydrogen) atoms. The smallest absolute Gasteiger partial charge is 0.307 e. The van der Waals surface area contributed by atoms with Crippen LogP contribution in [-0.2, 0) is 0 Å². The number of nitrogens with one attached hydrogen (secondary N) is 1. The third kappa shape index (κ3) is 3.89. The number of rotatable bonds is 5. The molecule has 8 nitrogen and oxygen atoms in total. The third-order valence-corrected chi connectivity index (χ3v) is 3.89. The Balaban J connectivity index is 1.70. The van der Waals surface area contributed by atoms with Gasteiger partial charge in [0.05, 0.1) is 11.1 Å². The molecule has 0 radical (unpaired) electrons. The fourth-order valence-corrected chi connectivity index (χ4v) is 2.56. The molecule has 0 unspecified atom stereocenters. The van der Waals surface area contributed by atoms with Crippen molar-refractivity contribution in [2.24, 2.45) is 5.10 Å². The zero-order chi connectivity index (χ0) is 18.7. The van der Waals surface area contributed by atoms with Crippen molar-refractivity contribution in [2.45, 2.75) is 6.92 Å². The van der Waals surface area contributed by atoms with E-state index in [4.69, 9.17) is 8.83 Å². The van der Waals surface area contributed by atoms with E-state index in [0.29, 0.717) is 21.8 Å². The number of amides is 1. The van der Waals surface area contributed by atoms with Crippen molar-refractivity contribution in [3.05, 3.63) is 74.3 Å². The van der Waals surface area contributed by atoms with Gasteiger partial charge in [0.1, 0.15) is 11.5 Å². The highest BCUT2D eigenvalue weighted by molar-refractivity contribution is 9.10. The quantitative estimate of drug-likeness (QED) is 0.378. The summed E-state index contributed by atoms with van der Waals surface area (Å²) in [5, 5.41) is 14.6. The van der Waals surface area contributed by atoms with Gasteiger partial charge in [-0.1, -0.05) is 0 Å². The van der Waals surface area contributed by atoms with Gasteiger partial charge in [-0.25, -0.2) is 5.43 Å². The highest BCUT2D eigenvalue weighted by Gasteiger charge is 2.12. The minimum Gasteiger partial charge on any atom is -0.455 e. The molecule has 0 fully saturated rings. The molecule has 3 aromatic rings. The lowest BCUT2D eigenvalue weighted by atomic mass is 10.1. The number of hydrazone groups is 1. The van der Waals surface area contributed by atoms with Gasteiger partial charge in [-0.2, -0.15) is 5.10 Å². The van der Waals surface area contributed by atoms with Crippen molar-refractivity contribution in [3.63, 3.8) is 0 Å². The van der Waals surface area contributed by atoms with E-state index in [1.165, 1.54) is 24.4 Å². The first-order valence-corrected chi connectivity index (χ1v) is 8.17. The van der Waals surface area contributed by atoms with E-state index >= 15 is 0 Å². The highest BCUT2D eigenvalue weighted by Crippen LogP contribution is 2.28. The number of nitrogens with zero attached hydrogens (tertiary/aromatic N) is 2. The molecule has 0 aliphatic carbocycles. The average Bonchev–Trinajstić information content (AvgIpc) is 3.24. The SMILES string of the molecule is Cc1cc([N+](=O)[O-])ccc1-c1ccc(/C=N/NC(=O)c2ccc(Br)o2)o1. The van der Waals surface area contributed by atoms with Crippen LogP contribution in [0.4, 0.5) is 5.69 Å². The van der Waals surface area contributed by atoms with Crippen molar-refractivity contribution < 1.29 is 18.6 Å². The number of benzene rings is 1. The normalized spacial score (nSPS) is 11.0. The lowest BCUT2D eigenvalue weighted by molar-refractivity contribution is -0.384. The van der Waals surface area contributed by atoms with E-state index in [-0.39, 0.29) is 11.4 Å². The lowest BCUT2D eigenvalue weighted by Crippen LogP contribution is -2.16. The van der Waals surface area contributed by atoms with Crippen LogP contribution in [0.25, 0.3) is 11.3 Å². The van der Waals surface area contributed by atoms with E-state index < -0.39 is 10.8 Å². The van der Waals surface area contributed by atoms with Crippen LogP contribution in [0.1, 0.15) is 21.9 Å². The van der Waals surface area contributed by atoms with Crippen LogP contribution in [-0.4, -0.2) is 17.0 Å².